The van der Waals surface area contributed by atoms with Gasteiger partial charge in [-0.1, -0.05) is 29.8 Å². The summed E-state index contributed by atoms with van der Waals surface area (Å²) >= 11 is 6.16. The number of fused-ring (bicyclic) bond motifs is 1. The average molecular weight is 446 g/mol. The average Bonchev–Trinajstić information content (AvgIpc) is 2.71. The minimum atomic E-state index is -4.34. The minimum absolute atomic E-state index is 0.132. The maximum atomic E-state index is 12.8. The zero-order valence-corrected chi connectivity index (χ0v) is 18.3. The lowest BCUT2D eigenvalue weighted by Gasteiger charge is -2.37. The summed E-state index contributed by atoms with van der Waals surface area (Å²) < 4.78 is 38.5. The quantitative estimate of drug-likeness (QED) is 0.462. The maximum absolute atomic E-state index is 12.8. The second-order valence-electron chi connectivity index (χ2n) is 8.01. The van der Waals surface area contributed by atoms with Crippen molar-refractivity contribution in [1.82, 2.24) is 9.97 Å². The van der Waals surface area contributed by atoms with Gasteiger partial charge in [-0.15, -0.1) is 0 Å². The van der Waals surface area contributed by atoms with Gasteiger partial charge < -0.3 is 4.90 Å². The Hall–Kier alpha value is -2.60. The van der Waals surface area contributed by atoms with E-state index in [1.54, 1.807) is 0 Å². The van der Waals surface area contributed by atoms with E-state index < -0.39 is 11.7 Å². The highest BCUT2D eigenvalue weighted by Crippen LogP contribution is 2.36. The normalized spacial score (nSPS) is 16.4. The van der Waals surface area contributed by atoms with Crippen LogP contribution in [0.1, 0.15) is 52.3 Å². The maximum Gasteiger partial charge on any atom is 0.416 e. The predicted molar refractivity (Wildman–Crippen MR) is 117 cm³/mol. The molecule has 3 nitrogen and oxygen atoms in total. The van der Waals surface area contributed by atoms with Crippen molar-refractivity contribution in [1.29, 1.82) is 0 Å². The highest BCUT2D eigenvalue weighted by molar-refractivity contribution is 6.30. The lowest BCUT2D eigenvalue weighted by Crippen LogP contribution is -2.35. The first-order valence-corrected chi connectivity index (χ1v) is 10.6. The number of halogens is 4. The van der Waals surface area contributed by atoms with Gasteiger partial charge in [0, 0.05) is 29.2 Å². The summed E-state index contributed by atoms with van der Waals surface area (Å²) in [5.74, 6) is 1.48. The molecule has 0 saturated heterocycles. The summed E-state index contributed by atoms with van der Waals surface area (Å²) in [5, 5.41) is 0.743. The molecule has 2 heterocycles. The third-order valence-electron chi connectivity index (χ3n) is 5.97. The molecular formula is C24H23ClF3N3. The molecule has 31 heavy (non-hydrogen) atoms. The smallest absolute Gasteiger partial charge is 0.349 e. The van der Waals surface area contributed by atoms with E-state index in [-0.39, 0.29) is 6.04 Å². The van der Waals surface area contributed by atoms with Gasteiger partial charge in [0.15, 0.2) is 0 Å². The van der Waals surface area contributed by atoms with Crippen LogP contribution < -0.4 is 4.90 Å². The number of hydrogen-bond acceptors (Lipinski definition) is 3. The number of aromatic nitrogens is 2. The molecule has 0 amide bonds. The van der Waals surface area contributed by atoms with Crippen molar-refractivity contribution in [2.75, 3.05) is 11.4 Å². The van der Waals surface area contributed by atoms with E-state index in [1.807, 2.05) is 26.0 Å². The van der Waals surface area contributed by atoms with Gasteiger partial charge in [-0.25, -0.2) is 9.97 Å². The van der Waals surface area contributed by atoms with Crippen molar-refractivity contribution in [3.63, 3.8) is 0 Å². The van der Waals surface area contributed by atoms with Crippen LogP contribution in [-0.4, -0.2) is 16.5 Å². The van der Waals surface area contributed by atoms with E-state index in [0.29, 0.717) is 12.2 Å². The van der Waals surface area contributed by atoms with Crippen LogP contribution in [0.2, 0.25) is 5.02 Å². The lowest BCUT2D eigenvalue weighted by atomic mass is 9.93. The first-order chi connectivity index (χ1) is 14.6. The number of rotatable bonds is 3. The van der Waals surface area contributed by atoms with E-state index in [0.717, 1.165) is 52.8 Å². The molecule has 1 aliphatic heterocycles. The second kappa shape index (κ2) is 8.15. The summed E-state index contributed by atoms with van der Waals surface area (Å²) in [4.78, 5) is 11.7. The van der Waals surface area contributed by atoms with E-state index in [1.165, 1.54) is 23.3 Å². The van der Waals surface area contributed by atoms with Crippen LogP contribution >= 0.6 is 11.6 Å². The molecule has 162 valence electrons. The molecule has 7 heteroatoms. The fourth-order valence-corrected chi connectivity index (χ4v) is 4.31. The molecule has 1 aromatic heterocycles. The Balaban J connectivity index is 1.63. The molecular weight excluding hydrogens is 423 g/mol. The van der Waals surface area contributed by atoms with Crippen molar-refractivity contribution in [2.24, 2.45) is 0 Å². The number of aryl methyl sites for hydroxylation is 1. The minimum Gasteiger partial charge on any atom is -0.349 e. The molecule has 2 aromatic carbocycles. The zero-order valence-electron chi connectivity index (χ0n) is 17.6. The van der Waals surface area contributed by atoms with Gasteiger partial charge >= 0.3 is 6.18 Å². The Morgan fingerprint density at radius 3 is 2.45 bits per heavy atom. The first-order valence-electron chi connectivity index (χ1n) is 10.2. The molecule has 0 N–H and O–H groups in total. The van der Waals surface area contributed by atoms with Gasteiger partial charge in [-0.05, 0) is 68.1 Å². The molecule has 1 aliphatic rings. The number of nitrogens with zero attached hydrogens (tertiary/aromatic N) is 3. The zero-order chi connectivity index (χ0) is 22.3. The largest absolute Gasteiger partial charge is 0.416 e. The van der Waals surface area contributed by atoms with Crippen LogP contribution in [0.5, 0.6) is 0 Å². The van der Waals surface area contributed by atoms with E-state index in [4.69, 9.17) is 16.6 Å². The number of hydrogen-bond donors (Lipinski definition) is 0. The van der Waals surface area contributed by atoms with Gasteiger partial charge in [-0.2, -0.15) is 13.2 Å². The molecule has 3 aromatic rings. The molecule has 1 unspecified atom stereocenters. The Labute approximate surface area is 184 Å². The highest BCUT2D eigenvalue weighted by Gasteiger charge is 2.30. The van der Waals surface area contributed by atoms with Crippen molar-refractivity contribution in [2.45, 2.75) is 45.8 Å². The summed E-state index contributed by atoms with van der Waals surface area (Å²) in [6.45, 7) is 6.92. The SMILES string of the molecule is Cc1nc(Cc2ccc(C(F)(F)F)cc2)nc(N2CCc3cc(Cl)ccc3C2C)c1C. The topological polar surface area (TPSA) is 29.0 Å². The third kappa shape index (κ3) is 4.40. The fourth-order valence-electron chi connectivity index (χ4n) is 4.11. The highest BCUT2D eigenvalue weighted by atomic mass is 35.5. The molecule has 0 bridgehead atoms. The summed E-state index contributed by atoms with van der Waals surface area (Å²) in [5.41, 5.74) is 4.47. The first kappa shape index (κ1) is 21.6. The Bertz CT molecular complexity index is 1110. The molecule has 1 atom stereocenters. The van der Waals surface area contributed by atoms with Crippen molar-refractivity contribution < 1.29 is 13.2 Å². The van der Waals surface area contributed by atoms with Gasteiger partial charge in [0.2, 0.25) is 0 Å². The summed E-state index contributed by atoms with van der Waals surface area (Å²) in [7, 11) is 0. The Kier molecular flexibility index (Phi) is 5.69. The predicted octanol–water partition coefficient (Wildman–Crippen LogP) is 6.48. The van der Waals surface area contributed by atoms with E-state index in [9.17, 15) is 13.2 Å². The van der Waals surface area contributed by atoms with Crippen LogP contribution in [0.25, 0.3) is 0 Å². The Morgan fingerprint density at radius 2 is 1.77 bits per heavy atom. The van der Waals surface area contributed by atoms with E-state index in [2.05, 4.69) is 22.9 Å². The molecule has 0 radical (unpaired) electrons. The summed E-state index contributed by atoms with van der Waals surface area (Å²) in [6, 6.07) is 11.3. The third-order valence-corrected chi connectivity index (χ3v) is 6.21. The molecule has 0 spiro atoms. The number of alkyl halides is 3. The van der Waals surface area contributed by atoms with Crippen LogP contribution in [0.3, 0.4) is 0 Å². The van der Waals surface area contributed by atoms with E-state index >= 15 is 0 Å². The monoisotopic (exact) mass is 445 g/mol. The number of benzene rings is 2. The van der Waals surface area contributed by atoms with Gasteiger partial charge in [-0.3, -0.25) is 0 Å². The van der Waals surface area contributed by atoms with Crippen LogP contribution in [-0.2, 0) is 19.0 Å². The Morgan fingerprint density at radius 1 is 1.06 bits per heavy atom. The molecule has 0 aliphatic carbocycles. The second-order valence-corrected chi connectivity index (χ2v) is 8.44. The van der Waals surface area contributed by atoms with Gasteiger partial charge in [0.1, 0.15) is 11.6 Å². The number of anilines is 1. The summed E-state index contributed by atoms with van der Waals surface area (Å²) in [6.07, 6.45) is -3.09. The van der Waals surface area contributed by atoms with Gasteiger partial charge in [0.25, 0.3) is 0 Å². The molecule has 0 fully saturated rings. The standard InChI is InChI=1S/C24H23ClF3N3/c1-14-15(2)29-22(12-17-4-6-19(7-5-17)24(26,27)28)30-23(14)31-11-10-18-13-20(25)8-9-21(18)16(31)3/h4-9,13,16H,10-12H2,1-3H3. The fraction of sp³-hybridized carbons (Fsp3) is 0.333. The van der Waals surface area contributed by atoms with Crippen molar-refractivity contribution >= 4 is 17.4 Å². The van der Waals surface area contributed by atoms with Crippen LogP contribution in [0, 0.1) is 13.8 Å². The van der Waals surface area contributed by atoms with Crippen LogP contribution in [0.4, 0.5) is 19.0 Å². The van der Waals surface area contributed by atoms with Crippen molar-refractivity contribution in [3.8, 4) is 0 Å². The lowest BCUT2D eigenvalue weighted by molar-refractivity contribution is -0.137. The van der Waals surface area contributed by atoms with Gasteiger partial charge in [0.05, 0.1) is 11.6 Å². The molecule has 0 saturated carbocycles. The molecule has 4 rings (SSSR count). The van der Waals surface area contributed by atoms with Crippen LogP contribution in [0.15, 0.2) is 42.5 Å². The van der Waals surface area contributed by atoms with Crippen molar-refractivity contribution in [3.05, 3.63) is 86.8 Å².